The predicted octanol–water partition coefficient (Wildman–Crippen LogP) is 1.60. The van der Waals surface area contributed by atoms with Crippen molar-refractivity contribution < 1.29 is 18.2 Å². The van der Waals surface area contributed by atoms with Gasteiger partial charge in [-0.3, -0.25) is 13.2 Å². The summed E-state index contributed by atoms with van der Waals surface area (Å²) in [4.78, 5) is 26.2. The van der Waals surface area contributed by atoms with E-state index in [-0.39, 0.29) is 5.69 Å². The second kappa shape index (κ2) is 10.7. The van der Waals surface area contributed by atoms with Crippen LogP contribution in [0, 0.1) is 44.3 Å². The number of nitro groups is 1. The van der Waals surface area contributed by atoms with Gasteiger partial charge in [0.15, 0.2) is 21.2 Å². The minimum atomic E-state index is -1.75. The Morgan fingerprint density at radius 2 is 1.21 bits per heavy atom. The van der Waals surface area contributed by atoms with E-state index in [0.717, 1.165) is 0 Å². The second-order valence-electron chi connectivity index (χ2n) is 2.23. The molecule has 0 unspecified atom stereocenters. The summed E-state index contributed by atoms with van der Waals surface area (Å²) in [6, 6.07) is 6.06. The molecule has 1 aromatic carbocycles. The third kappa shape index (κ3) is 13.5. The van der Waals surface area contributed by atoms with Gasteiger partial charge in [0.05, 0.1) is 15.1 Å². The van der Waals surface area contributed by atoms with Gasteiger partial charge in [-0.15, -0.1) is 0 Å². The molecule has 12 nitrogen and oxygen atoms in total. The van der Waals surface area contributed by atoms with Gasteiger partial charge in [0.25, 0.3) is 5.69 Å². The van der Waals surface area contributed by atoms with Crippen molar-refractivity contribution in [1.82, 2.24) is 0 Å². The van der Waals surface area contributed by atoms with Crippen LogP contribution >= 0.6 is 21.2 Å². The summed E-state index contributed by atoms with van der Waals surface area (Å²) in [5, 5.41) is 39.8. The molecule has 0 spiro atoms. The number of hydrogen-bond acceptors (Lipinski definition) is 9. The Morgan fingerprint density at radius 1 is 0.842 bits per heavy atom. The lowest BCUT2D eigenvalue weighted by Gasteiger charge is -1.90. The maximum atomic E-state index is 10.5. The molecule has 0 aromatic heterocycles. The Bertz CT molecular complexity index is 445. The lowest BCUT2D eigenvalue weighted by atomic mass is 10.3. The Hall–Kier alpha value is -2.45. The first-order valence-corrected chi connectivity index (χ1v) is 5.81. The molecule has 19 heavy (non-hydrogen) atoms. The zero-order chi connectivity index (χ0) is 15.4. The molecule has 1 aromatic rings. The normalized spacial score (nSPS) is 8.00. The standard InChI is InChI=1S/C6H4INO3.2NO3/c9-7-5-3-1-2-4-6(5)8(10)11;2*2-1(3)4/h1-4H;;/q;2*-1. The van der Waals surface area contributed by atoms with Gasteiger partial charge in [0.2, 0.25) is 0 Å². The molecule has 106 valence electrons. The van der Waals surface area contributed by atoms with E-state index in [4.69, 9.17) is 30.6 Å². The van der Waals surface area contributed by atoms with Crippen LogP contribution < -0.4 is 0 Å². The Balaban J connectivity index is 0. The summed E-state index contributed by atoms with van der Waals surface area (Å²) in [5.41, 5.74) is -0.0460. The van der Waals surface area contributed by atoms with Gasteiger partial charge in [0, 0.05) is 6.07 Å². The molecule has 0 fully saturated rings. The molecule has 0 aliphatic carbocycles. The monoisotopic (exact) mass is 389 g/mol. The number of hydrogen-bond donors (Lipinski definition) is 0. The van der Waals surface area contributed by atoms with Gasteiger partial charge in [-0.05, 0) is 6.07 Å². The fraction of sp³-hybridized carbons (Fsp3) is 0. The summed E-state index contributed by atoms with van der Waals surface area (Å²) in [7, 11) is 0. The van der Waals surface area contributed by atoms with Gasteiger partial charge in [0.1, 0.15) is 3.57 Å². The van der Waals surface area contributed by atoms with Gasteiger partial charge in [-0.2, -0.15) is 0 Å². The lowest BCUT2D eigenvalue weighted by molar-refractivity contribution is -0.403. The fourth-order valence-corrected chi connectivity index (χ4v) is 1.62. The van der Waals surface area contributed by atoms with Crippen molar-refractivity contribution in [2.75, 3.05) is 0 Å². The van der Waals surface area contributed by atoms with E-state index in [1.807, 2.05) is 0 Å². The van der Waals surface area contributed by atoms with Crippen molar-refractivity contribution in [3.63, 3.8) is 0 Å². The molecule has 0 radical (unpaired) electrons. The Labute approximate surface area is 114 Å². The van der Waals surface area contributed by atoms with Crippen molar-refractivity contribution in [1.29, 1.82) is 0 Å². The summed E-state index contributed by atoms with van der Waals surface area (Å²) < 4.78 is 10.8. The molecule has 0 atom stereocenters. The van der Waals surface area contributed by atoms with Crippen molar-refractivity contribution in [2.45, 2.75) is 0 Å². The van der Waals surface area contributed by atoms with Crippen molar-refractivity contribution in [2.24, 2.45) is 0 Å². The molecular formula is C6H4IN3O9-2. The Kier molecular flexibility index (Phi) is 10.6. The van der Waals surface area contributed by atoms with Gasteiger partial charge < -0.3 is 30.6 Å². The summed E-state index contributed by atoms with van der Waals surface area (Å²) in [6.07, 6.45) is 0. The SMILES string of the molecule is O=Ic1ccccc1[N+](=O)[O-].O=[N+]([O-])[O-].O=[N+]([O-])[O-]. The van der Waals surface area contributed by atoms with Gasteiger partial charge in [-0.25, -0.2) is 0 Å². The van der Waals surface area contributed by atoms with Crippen LogP contribution in [0.3, 0.4) is 0 Å². The molecule has 0 aliphatic heterocycles. The van der Waals surface area contributed by atoms with Gasteiger partial charge >= 0.3 is 0 Å². The minimum Gasteiger partial charge on any atom is -0.356 e. The first kappa shape index (κ1) is 18.9. The number of rotatable bonds is 2. The number of halogens is 1. The third-order valence-electron chi connectivity index (χ3n) is 1.13. The van der Waals surface area contributed by atoms with E-state index < -0.39 is 36.3 Å². The number of nitro benzene ring substituents is 1. The molecule has 0 bridgehead atoms. The number of para-hydroxylation sites is 1. The topological polar surface area (TPSA) is 193 Å². The van der Waals surface area contributed by atoms with Crippen LogP contribution in [0.2, 0.25) is 0 Å². The average molecular weight is 389 g/mol. The molecule has 0 aliphatic rings. The molecular weight excluding hydrogens is 385 g/mol. The molecule has 0 heterocycles. The molecule has 0 amide bonds. The molecule has 13 heteroatoms. The van der Waals surface area contributed by atoms with Gasteiger partial charge in [-0.1, -0.05) is 12.1 Å². The summed E-state index contributed by atoms with van der Waals surface area (Å²) >= 11 is -1.44. The lowest BCUT2D eigenvalue weighted by Crippen LogP contribution is -1.89. The number of benzene rings is 1. The first-order chi connectivity index (χ1) is 8.72. The highest BCUT2D eigenvalue weighted by atomic mass is 127. The van der Waals surface area contributed by atoms with E-state index in [1.54, 1.807) is 12.1 Å². The van der Waals surface area contributed by atoms with E-state index >= 15 is 0 Å². The van der Waals surface area contributed by atoms with E-state index in [2.05, 4.69) is 0 Å². The van der Waals surface area contributed by atoms with E-state index in [1.165, 1.54) is 12.1 Å². The number of nitrogens with zero attached hydrogens (tertiary/aromatic N) is 3. The zero-order valence-electron chi connectivity index (χ0n) is 8.70. The smallest absolute Gasteiger partial charge is 0.285 e. The third-order valence-corrected chi connectivity index (χ3v) is 2.52. The van der Waals surface area contributed by atoms with Crippen LogP contribution in [0.4, 0.5) is 5.69 Å². The Morgan fingerprint density at radius 3 is 1.47 bits per heavy atom. The highest BCUT2D eigenvalue weighted by Crippen LogP contribution is 2.22. The quantitative estimate of drug-likeness (QED) is 0.410. The van der Waals surface area contributed by atoms with Crippen LogP contribution in [-0.4, -0.2) is 15.1 Å². The maximum absolute atomic E-state index is 10.5. The van der Waals surface area contributed by atoms with Crippen LogP contribution in [0.1, 0.15) is 0 Å². The van der Waals surface area contributed by atoms with Crippen LogP contribution in [0.5, 0.6) is 0 Å². The fourth-order valence-electron chi connectivity index (χ4n) is 0.665. The summed E-state index contributed by atoms with van der Waals surface area (Å²) in [6.45, 7) is 0. The van der Waals surface area contributed by atoms with E-state index in [9.17, 15) is 13.2 Å². The highest BCUT2D eigenvalue weighted by Gasteiger charge is 2.10. The first-order valence-electron chi connectivity index (χ1n) is 3.85. The predicted molar refractivity (Wildman–Crippen MR) is 67.2 cm³/mol. The van der Waals surface area contributed by atoms with Crippen molar-refractivity contribution in [3.05, 3.63) is 68.6 Å². The zero-order valence-corrected chi connectivity index (χ0v) is 10.9. The average Bonchev–Trinajstić information content (AvgIpc) is 2.27. The molecule has 1 rings (SSSR count). The minimum absolute atomic E-state index is 0.0460. The summed E-state index contributed by atoms with van der Waals surface area (Å²) in [5.74, 6) is 0. The van der Waals surface area contributed by atoms with Crippen molar-refractivity contribution >= 4 is 26.9 Å². The van der Waals surface area contributed by atoms with Crippen LogP contribution in [0.25, 0.3) is 0 Å². The maximum Gasteiger partial charge on any atom is 0.285 e. The second-order valence-corrected chi connectivity index (χ2v) is 3.84. The van der Waals surface area contributed by atoms with Crippen LogP contribution in [0.15, 0.2) is 24.3 Å². The largest absolute Gasteiger partial charge is 0.356 e. The van der Waals surface area contributed by atoms with Crippen molar-refractivity contribution in [3.8, 4) is 0 Å². The molecule has 0 saturated heterocycles. The molecule has 0 N–H and O–H groups in total. The van der Waals surface area contributed by atoms with E-state index in [0.29, 0.717) is 3.57 Å². The highest BCUT2D eigenvalue weighted by molar-refractivity contribution is 14.1. The molecule has 0 saturated carbocycles. The van der Waals surface area contributed by atoms with Crippen LogP contribution in [-0.2, 0) is 3.07 Å².